The highest BCUT2D eigenvalue weighted by Gasteiger charge is 2.24. The Bertz CT molecular complexity index is 803. The molecule has 0 spiro atoms. The molecule has 0 saturated carbocycles. The molecule has 0 aliphatic heterocycles. The van der Waals surface area contributed by atoms with Crippen molar-refractivity contribution in [3.8, 4) is 5.75 Å². The number of sulfonamides is 1. The molecule has 0 atom stereocenters. The number of nitro groups is 1. The molecule has 0 fully saturated rings. The largest absolute Gasteiger partial charge is 0.492 e. The summed E-state index contributed by atoms with van der Waals surface area (Å²) < 4.78 is 31.9. The van der Waals surface area contributed by atoms with Crippen LogP contribution in [0.3, 0.4) is 0 Å². The number of rotatable bonds is 6. The van der Waals surface area contributed by atoms with Crippen LogP contribution in [0.4, 0.5) is 11.4 Å². The fourth-order valence-electron chi connectivity index (χ4n) is 2.02. The molecule has 0 N–H and O–H groups in total. The SMILES string of the molecule is CCOc1ccccc1N(C)S(=O)(=O)c1ccc([N+](=O)[O-])cc1. The van der Waals surface area contributed by atoms with E-state index in [0.29, 0.717) is 18.0 Å². The van der Waals surface area contributed by atoms with Crippen molar-refractivity contribution < 1.29 is 18.1 Å². The van der Waals surface area contributed by atoms with Crippen molar-refractivity contribution >= 4 is 21.4 Å². The summed E-state index contributed by atoms with van der Waals surface area (Å²) in [6.07, 6.45) is 0. The van der Waals surface area contributed by atoms with Crippen LogP contribution >= 0.6 is 0 Å². The number of non-ortho nitro benzene ring substituents is 1. The molecule has 122 valence electrons. The van der Waals surface area contributed by atoms with Crippen molar-refractivity contribution in [3.63, 3.8) is 0 Å². The lowest BCUT2D eigenvalue weighted by Gasteiger charge is -2.22. The minimum atomic E-state index is -3.84. The van der Waals surface area contributed by atoms with E-state index in [2.05, 4.69) is 0 Å². The first-order chi connectivity index (χ1) is 10.9. The molecular weight excluding hydrogens is 320 g/mol. The molecule has 8 heteroatoms. The van der Waals surface area contributed by atoms with Crippen LogP contribution in [-0.2, 0) is 10.0 Å². The summed E-state index contributed by atoms with van der Waals surface area (Å²) in [6.45, 7) is 2.21. The van der Waals surface area contributed by atoms with E-state index in [-0.39, 0.29) is 10.6 Å². The quantitative estimate of drug-likeness (QED) is 0.597. The van der Waals surface area contributed by atoms with Gasteiger partial charge in [0.1, 0.15) is 5.75 Å². The van der Waals surface area contributed by atoms with E-state index in [0.717, 1.165) is 16.4 Å². The first-order valence-corrected chi connectivity index (χ1v) is 8.27. The van der Waals surface area contributed by atoms with E-state index < -0.39 is 14.9 Å². The van der Waals surface area contributed by atoms with Gasteiger partial charge in [-0.15, -0.1) is 0 Å². The minimum Gasteiger partial charge on any atom is -0.492 e. The van der Waals surface area contributed by atoms with Crippen LogP contribution in [0.2, 0.25) is 0 Å². The second-order valence-electron chi connectivity index (χ2n) is 4.62. The smallest absolute Gasteiger partial charge is 0.269 e. The zero-order valence-electron chi connectivity index (χ0n) is 12.7. The molecule has 2 rings (SSSR count). The molecule has 0 aliphatic rings. The average Bonchev–Trinajstić information content (AvgIpc) is 2.55. The molecule has 0 amide bonds. The van der Waals surface area contributed by atoms with Crippen LogP contribution in [0.15, 0.2) is 53.4 Å². The van der Waals surface area contributed by atoms with E-state index in [1.165, 1.54) is 19.2 Å². The summed E-state index contributed by atoms with van der Waals surface area (Å²) in [5.74, 6) is 0.447. The Kier molecular flexibility index (Phi) is 4.85. The molecule has 0 unspecified atom stereocenters. The molecule has 2 aromatic rings. The van der Waals surface area contributed by atoms with Gasteiger partial charge >= 0.3 is 0 Å². The fraction of sp³-hybridized carbons (Fsp3) is 0.200. The average molecular weight is 336 g/mol. The van der Waals surface area contributed by atoms with Gasteiger partial charge < -0.3 is 4.74 Å². The third-order valence-electron chi connectivity index (χ3n) is 3.21. The van der Waals surface area contributed by atoms with Crippen molar-refractivity contribution in [2.24, 2.45) is 0 Å². The van der Waals surface area contributed by atoms with E-state index >= 15 is 0 Å². The van der Waals surface area contributed by atoms with Crippen LogP contribution in [0, 0.1) is 10.1 Å². The Hall–Kier alpha value is -2.61. The number of benzene rings is 2. The lowest BCUT2D eigenvalue weighted by molar-refractivity contribution is -0.384. The molecule has 0 heterocycles. The number of hydrogen-bond acceptors (Lipinski definition) is 5. The van der Waals surface area contributed by atoms with Gasteiger partial charge in [-0.1, -0.05) is 12.1 Å². The number of para-hydroxylation sites is 2. The molecule has 0 aliphatic carbocycles. The maximum Gasteiger partial charge on any atom is 0.269 e. The topological polar surface area (TPSA) is 89.8 Å². The summed E-state index contributed by atoms with van der Waals surface area (Å²) in [4.78, 5) is 10.1. The second-order valence-corrected chi connectivity index (χ2v) is 6.59. The summed E-state index contributed by atoms with van der Waals surface area (Å²) in [5.41, 5.74) is 0.231. The Balaban J connectivity index is 2.41. The van der Waals surface area contributed by atoms with E-state index in [1.54, 1.807) is 24.3 Å². The minimum absolute atomic E-state index is 0.0306. The molecule has 0 saturated heterocycles. The van der Waals surface area contributed by atoms with Crippen molar-refractivity contribution in [3.05, 3.63) is 58.6 Å². The molecule has 7 nitrogen and oxygen atoms in total. The van der Waals surface area contributed by atoms with E-state index in [1.807, 2.05) is 6.92 Å². The summed E-state index contributed by atoms with van der Waals surface area (Å²) in [7, 11) is -2.43. The lowest BCUT2D eigenvalue weighted by atomic mass is 10.3. The Morgan fingerprint density at radius 2 is 1.74 bits per heavy atom. The normalized spacial score (nSPS) is 11.0. The van der Waals surface area contributed by atoms with Gasteiger partial charge in [-0.05, 0) is 31.2 Å². The van der Waals surface area contributed by atoms with Crippen LogP contribution in [-0.4, -0.2) is 27.0 Å². The van der Waals surface area contributed by atoms with E-state index in [9.17, 15) is 18.5 Å². The first kappa shape index (κ1) is 16.8. The summed E-state index contributed by atoms with van der Waals surface area (Å²) in [5, 5.41) is 10.7. The molecule has 0 bridgehead atoms. The second kappa shape index (κ2) is 6.66. The predicted octanol–water partition coefficient (Wildman–Crippen LogP) is 2.82. The number of anilines is 1. The Labute approximate surface area is 134 Å². The third-order valence-corrected chi connectivity index (χ3v) is 5.00. The van der Waals surface area contributed by atoms with Crippen molar-refractivity contribution in [2.45, 2.75) is 11.8 Å². The number of nitrogens with zero attached hydrogens (tertiary/aromatic N) is 2. The van der Waals surface area contributed by atoms with Crippen LogP contribution in [0.25, 0.3) is 0 Å². The Morgan fingerprint density at radius 3 is 2.30 bits per heavy atom. The van der Waals surface area contributed by atoms with Gasteiger partial charge in [0.2, 0.25) is 0 Å². The van der Waals surface area contributed by atoms with Crippen LogP contribution in [0.1, 0.15) is 6.92 Å². The molecule has 0 aromatic heterocycles. The standard InChI is InChI=1S/C15H16N2O5S/c1-3-22-15-7-5-4-6-14(15)16(2)23(20,21)13-10-8-12(9-11-13)17(18)19/h4-11H,3H2,1-2H3. The van der Waals surface area contributed by atoms with Gasteiger partial charge in [0.15, 0.2) is 0 Å². The van der Waals surface area contributed by atoms with Gasteiger partial charge in [-0.25, -0.2) is 8.42 Å². The van der Waals surface area contributed by atoms with Crippen molar-refractivity contribution in [2.75, 3.05) is 18.0 Å². The highest BCUT2D eigenvalue weighted by atomic mass is 32.2. The molecule has 23 heavy (non-hydrogen) atoms. The van der Waals surface area contributed by atoms with Crippen LogP contribution in [0.5, 0.6) is 5.75 Å². The van der Waals surface area contributed by atoms with Crippen molar-refractivity contribution in [1.82, 2.24) is 0 Å². The Morgan fingerprint density at radius 1 is 1.13 bits per heavy atom. The van der Waals surface area contributed by atoms with Gasteiger partial charge in [0.25, 0.3) is 15.7 Å². The fourth-order valence-corrected chi connectivity index (χ4v) is 3.23. The molecule has 0 radical (unpaired) electrons. The highest BCUT2D eigenvalue weighted by Crippen LogP contribution is 2.31. The maximum absolute atomic E-state index is 12.7. The molecular formula is C15H16N2O5S. The van der Waals surface area contributed by atoms with Gasteiger partial charge in [-0.3, -0.25) is 14.4 Å². The lowest BCUT2D eigenvalue weighted by Crippen LogP contribution is -2.27. The third kappa shape index (κ3) is 3.42. The van der Waals surface area contributed by atoms with Gasteiger partial charge in [0.05, 0.1) is 22.1 Å². The van der Waals surface area contributed by atoms with Gasteiger partial charge in [0, 0.05) is 19.2 Å². The van der Waals surface area contributed by atoms with Crippen LogP contribution < -0.4 is 9.04 Å². The zero-order chi connectivity index (χ0) is 17.0. The van der Waals surface area contributed by atoms with Crippen molar-refractivity contribution in [1.29, 1.82) is 0 Å². The number of nitro benzene ring substituents is 1. The summed E-state index contributed by atoms with van der Waals surface area (Å²) >= 11 is 0. The summed E-state index contributed by atoms with van der Waals surface area (Å²) in [6, 6.07) is 11.5. The molecule has 2 aromatic carbocycles. The highest BCUT2D eigenvalue weighted by molar-refractivity contribution is 7.92. The van der Waals surface area contributed by atoms with Gasteiger partial charge in [-0.2, -0.15) is 0 Å². The number of hydrogen-bond donors (Lipinski definition) is 0. The first-order valence-electron chi connectivity index (χ1n) is 6.83. The van der Waals surface area contributed by atoms with E-state index in [4.69, 9.17) is 4.74 Å². The maximum atomic E-state index is 12.7. The predicted molar refractivity (Wildman–Crippen MR) is 86.3 cm³/mol. The number of ether oxygens (including phenoxy) is 1. The monoisotopic (exact) mass is 336 g/mol. The zero-order valence-corrected chi connectivity index (χ0v) is 13.5.